The van der Waals surface area contributed by atoms with E-state index >= 15 is 0 Å². The summed E-state index contributed by atoms with van der Waals surface area (Å²) >= 11 is 1.83. The minimum Gasteiger partial charge on any atom is -0.313 e. The molecule has 0 spiro atoms. The number of thiophene rings is 1. The van der Waals surface area contributed by atoms with E-state index in [9.17, 15) is 0 Å². The van der Waals surface area contributed by atoms with E-state index < -0.39 is 0 Å². The van der Waals surface area contributed by atoms with Crippen LogP contribution in [0.25, 0.3) is 0 Å². The van der Waals surface area contributed by atoms with E-state index in [4.69, 9.17) is 0 Å². The first-order valence-electron chi connectivity index (χ1n) is 6.17. The summed E-state index contributed by atoms with van der Waals surface area (Å²) in [5.74, 6) is 0.775. The second-order valence-corrected chi connectivity index (χ2v) is 5.29. The normalized spacial score (nSPS) is 26.7. The molecule has 1 aromatic heterocycles. The Balaban J connectivity index is 1.99. The zero-order valence-electron chi connectivity index (χ0n) is 9.54. The molecule has 0 saturated heterocycles. The van der Waals surface area contributed by atoms with E-state index in [1.807, 2.05) is 11.3 Å². The van der Waals surface area contributed by atoms with Gasteiger partial charge in [0.15, 0.2) is 0 Å². The van der Waals surface area contributed by atoms with Gasteiger partial charge in [-0.25, -0.2) is 0 Å². The van der Waals surface area contributed by atoms with E-state index in [0.29, 0.717) is 0 Å². The number of hydrogen-bond donors (Lipinski definition) is 1. The van der Waals surface area contributed by atoms with Gasteiger partial charge in [0.2, 0.25) is 0 Å². The molecule has 0 bridgehead atoms. The molecule has 1 fully saturated rings. The first kappa shape index (κ1) is 11.2. The number of nitrogens with one attached hydrogen (secondary N) is 1. The van der Waals surface area contributed by atoms with Gasteiger partial charge < -0.3 is 5.32 Å². The Kier molecular flexibility index (Phi) is 4.21. The van der Waals surface area contributed by atoms with Crippen molar-refractivity contribution in [1.29, 1.82) is 0 Å². The fourth-order valence-corrected chi connectivity index (χ4v) is 3.31. The maximum absolute atomic E-state index is 3.71. The highest BCUT2D eigenvalue weighted by Gasteiger charge is 2.25. The third kappa shape index (κ3) is 2.82. The lowest BCUT2D eigenvalue weighted by atomic mass is 9.81. The Hall–Kier alpha value is -0.340. The predicted octanol–water partition coefficient (Wildman–Crippen LogP) is 3.77. The van der Waals surface area contributed by atoms with Gasteiger partial charge in [0.05, 0.1) is 0 Å². The molecule has 1 aliphatic rings. The van der Waals surface area contributed by atoms with Crippen molar-refractivity contribution < 1.29 is 0 Å². The second-order valence-electron chi connectivity index (χ2n) is 4.51. The highest BCUT2D eigenvalue weighted by molar-refractivity contribution is 7.07. The molecule has 0 aromatic carbocycles. The van der Waals surface area contributed by atoms with Gasteiger partial charge in [-0.2, -0.15) is 11.3 Å². The Morgan fingerprint density at radius 1 is 1.40 bits per heavy atom. The van der Waals surface area contributed by atoms with Crippen molar-refractivity contribution in [3.05, 3.63) is 22.4 Å². The molecule has 0 amide bonds. The molecule has 1 aromatic rings. The Morgan fingerprint density at radius 3 is 3.00 bits per heavy atom. The lowest BCUT2D eigenvalue weighted by molar-refractivity contribution is 0.329. The fourth-order valence-electron chi connectivity index (χ4n) is 2.59. The van der Waals surface area contributed by atoms with E-state index in [2.05, 4.69) is 29.1 Å². The van der Waals surface area contributed by atoms with Crippen LogP contribution in [0.5, 0.6) is 0 Å². The third-order valence-corrected chi connectivity index (χ3v) is 4.10. The minimum absolute atomic E-state index is 0.730. The summed E-state index contributed by atoms with van der Waals surface area (Å²) in [4.78, 5) is 0. The highest BCUT2D eigenvalue weighted by Crippen LogP contribution is 2.34. The van der Waals surface area contributed by atoms with E-state index in [0.717, 1.165) is 12.0 Å². The molecule has 1 aliphatic carbocycles. The van der Waals surface area contributed by atoms with Crippen LogP contribution in [0.3, 0.4) is 0 Å². The molecular weight excluding hydrogens is 202 g/mol. The van der Waals surface area contributed by atoms with Crippen molar-refractivity contribution in [3.8, 4) is 0 Å². The van der Waals surface area contributed by atoms with Crippen LogP contribution in [0, 0.1) is 0 Å². The van der Waals surface area contributed by atoms with Crippen molar-refractivity contribution in [2.45, 2.75) is 51.0 Å². The fraction of sp³-hybridized carbons (Fsp3) is 0.692. The molecule has 2 rings (SSSR count). The van der Waals surface area contributed by atoms with Crippen LogP contribution < -0.4 is 5.32 Å². The first-order chi connectivity index (χ1) is 7.42. The molecular formula is C13H21NS. The summed E-state index contributed by atoms with van der Waals surface area (Å²) in [5, 5.41) is 8.25. The molecule has 1 saturated carbocycles. The van der Waals surface area contributed by atoms with E-state index in [1.165, 1.54) is 38.6 Å². The number of rotatable bonds is 4. The number of hydrogen-bond acceptors (Lipinski definition) is 2. The summed E-state index contributed by atoms with van der Waals surface area (Å²) < 4.78 is 0. The van der Waals surface area contributed by atoms with Crippen LogP contribution in [0.4, 0.5) is 0 Å². The summed E-state index contributed by atoms with van der Waals surface area (Å²) in [6.45, 7) is 3.42. The molecule has 0 radical (unpaired) electrons. The standard InChI is InChI=1S/C13H21NS/c1-2-8-14-13-6-4-3-5-12(13)11-7-9-15-10-11/h7,9-10,12-14H,2-6,8H2,1H3. The Morgan fingerprint density at radius 2 is 2.27 bits per heavy atom. The second kappa shape index (κ2) is 5.66. The van der Waals surface area contributed by atoms with Crippen molar-refractivity contribution in [3.63, 3.8) is 0 Å². The Labute approximate surface area is 96.9 Å². The summed E-state index contributed by atoms with van der Waals surface area (Å²) in [6.07, 6.45) is 6.79. The first-order valence-corrected chi connectivity index (χ1v) is 7.11. The van der Waals surface area contributed by atoms with Crippen molar-refractivity contribution in [2.75, 3.05) is 6.54 Å². The Bertz CT molecular complexity index is 268. The molecule has 0 aliphatic heterocycles. The third-order valence-electron chi connectivity index (χ3n) is 3.39. The quantitative estimate of drug-likeness (QED) is 0.819. The predicted molar refractivity (Wildman–Crippen MR) is 67.6 cm³/mol. The van der Waals surface area contributed by atoms with Crippen molar-refractivity contribution >= 4 is 11.3 Å². The van der Waals surface area contributed by atoms with Gasteiger partial charge in [0.25, 0.3) is 0 Å². The maximum Gasteiger partial charge on any atom is 0.0136 e. The van der Waals surface area contributed by atoms with Crippen LogP contribution in [0.1, 0.15) is 50.5 Å². The molecule has 1 N–H and O–H groups in total. The van der Waals surface area contributed by atoms with Gasteiger partial charge in [-0.3, -0.25) is 0 Å². The maximum atomic E-state index is 3.71. The van der Waals surface area contributed by atoms with E-state index in [-0.39, 0.29) is 0 Å². The van der Waals surface area contributed by atoms with Crippen LogP contribution >= 0.6 is 11.3 Å². The molecule has 2 heteroatoms. The average molecular weight is 223 g/mol. The zero-order chi connectivity index (χ0) is 10.5. The summed E-state index contributed by atoms with van der Waals surface area (Å²) in [7, 11) is 0. The molecule has 15 heavy (non-hydrogen) atoms. The molecule has 2 atom stereocenters. The van der Waals surface area contributed by atoms with Crippen LogP contribution in [-0.2, 0) is 0 Å². The molecule has 1 nitrogen and oxygen atoms in total. The van der Waals surface area contributed by atoms with Crippen LogP contribution in [0.15, 0.2) is 16.8 Å². The van der Waals surface area contributed by atoms with Crippen LogP contribution in [0.2, 0.25) is 0 Å². The summed E-state index contributed by atoms with van der Waals surface area (Å²) in [5.41, 5.74) is 1.56. The van der Waals surface area contributed by atoms with Crippen molar-refractivity contribution in [1.82, 2.24) is 5.32 Å². The van der Waals surface area contributed by atoms with Gasteiger partial charge in [-0.15, -0.1) is 0 Å². The van der Waals surface area contributed by atoms with E-state index in [1.54, 1.807) is 5.56 Å². The lowest BCUT2D eigenvalue weighted by Crippen LogP contribution is -2.37. The zero-order valence-corrected chi connectivity index (χ0v) is 10.4. The molecule has 2 unspecified atom stereocenters. The van der Waals surface area contributed by atoms with Gasteiger partial charge in [0, 0.05) is 12.0 Å². The highest BCUT2D eigenvalue weighted by atomic mass is 32.1. The summed E-state index contributed by atoms with van der Waals surface area (Å²) in [6, 6.07) is 3.04. The average Bonchev–Trinajstić information content (AvgIpc) is 2.80. The smallest absolute Gasteiger partial charge is 0.0136 e. The lowest BCUT2D eigenvalue weighted by Gasteiger charge is -2.32. The monoisotopic (exact) mass is 223 g/mol. The largest absolute Gasteiger partial charge is 0.313 e. The van der Waals surface area contributed by atoms with Crippen LogP contribution in [-0.4, -0.2) is 12.6 Å². The minimum atomic E-state index is 0.730. The molecule has 1 heterocycles. The molecule has 84 valence electrons. The van der Waals surface area contributed by atoms with Crippen molar-refractivity contribution in [2.24, 2.45) is 0 Å². The van der Waals surface area contributed by atoms with Gasteiger partial charge in [-0.1, -0.05) is 19.8 Å². The van der Waals surface area contributed by atoms with Gasteiger partial charge in [-0.05, 0) is 48.2 Å². The van der Waals surface area contributed by atoms with Gasteiger partial charge in [0.1, 0.15) is 0 Å². The van der Waals surface area contributed by atoms with Gasteiger partial charge >= 0.3 is 0 Å². The SMILES string of the molecule is CCCNC1CCCCC1c1ccsc1. The topological polar surface area (TPSA) is 12.0 Å².